The maximum atomic E-state index is 5.46. The number of nitrogens with zero attached hydrogens (tertiary/aromatic N) is 2. The van der Waals surface area contributed by atoms with Crippen molar-refractivity contribution < 1.29 is 9.47 Å². The summed E-state index contributed by atoms with van der Waals surface area (Å²) < 4.78 is 10.8. The quantitative estimate of drug-likeness (QED) is 0.781. The van der Waals surface area contributed by atoms with E-state index in [1.807, 2.05) is 12.1 Å². The molecule has 1 N–H and O–H groups in total. The first-order valence-corrected chi connectivity index (χ1v) is 8.32. The Labute approximate surface area is 138 Å². The third-order valence-corrected chi connectivity index (χ3v) is 5.33. The highest BCUT2D eigenvalue weighted by Crippen LogP contribution is 2.36. The third-order valence-electron chi connectivity index (χ3n) is 4.22. The van der Waals surface area contributed by atoms with E-state index in [0.717, 1.165) is 33.1 Å². The van der Waals surface area contributed by atoms with Crippen LogP contribution < -0.4 is 14.8 Å². The molecule has 1 aromatic carbocycles. The van der Waals surface area contributed by atoms with Gasteiger partial charge in [-0.2, -0.15) is 0 Å². The summed E-state index contributed by atoms with van der Waals surface area (Å²) in [7, 11) is 0. The molecule has 1 aliphatic heterocycles. The number of ether oxygens (including phenoxy) is 2. The Hall–Kier alpha value is -2.34. The van der Waals surface area contributed by atoms with Gasteiger partial charge in [-0.15, -0.1) is 11.3 Å². The summed E-state index contributed by atoms with van der Waals surface area (Å²) in [4.78, 5) is 11.1. The first-order chi connectivity index (χ1) is 11.1. The lowest BCUT2D eigenvalue weighted by Crippen LogP contribution is -2.08. The Morgan fingerprint density at radius 3 is 2.87 bits per heavy atom. The van der Waals surface area contributed by atoms with Crippen LogP contribution >= 0.6 is 11.3 Å². The van der Waals surface area contributed by atoms with Gasteiger partial charge in [-0.3, -0.25) is 0 Å². The van der Waals surface area contributed by atoms with Crippen LogP contribution in [0.5, 0.6) is 11.5 Å². The molecule has 0 saturated carbocycles. The minimum absolute atomic E-state index is 0.0993. The van der Waals surface area contributed by atoms with Crippen LogP contribution in [0.15, 0.2) is 24.5 Å². The Morgan fingerprint density at radius 2 is 2.00 bits per heavy atom. The van der Waals surface area contributed by atoms with Gasteiger partial charge in [0.1, 0.15) is 17.0 Å². The topological polar surface area (TPSA) is 56.3 Å². The van der Waals surface area contributed by atoms with Crippen molar-refractivity contribution in [2.24, 2.45) is 0 Å². The number of aromatic nitrogens is 2. The fourth-order valence-corrected chi connectivity index (χ4v) is 3.76. The van der Waals surface area contributed by atoms with Gasteiger partial charge in [0.15, 0.2) is 11.5 Å². The Bertz CT molecular complexity index is 891. The fourth-order valence-electron chi connectivity index (χ4n) is 2.76. The summed E-state index contributed by atoms with van der Waals surface area (Å²) in [5.41, 5.74) is 2.37. The summed E-state index contributed by atoms with van der Waals surface area (Å²) in [6, 6.07) is 6.12. The predicted molar refractivity (Wildman–Crippen MR) is 91.5 cm³/mol. The zero-order valence-electron chi connectivity index (χ0n) is 13.2. The summed E-state index contributed by atoms with van der Waals surface area (Å²) in [6.07, 6.45) is 1.62. The van der Waals surface area contributed by atoms with Gasteiger partial charge in [0.05, 0.1) is 11.4 Å². The van der Waals surface area contributed by atoms with Crippen LogP contribution in [0.4, 0.5) is 5.82 Å². The first kappa shape index (κ1) is 14.3. The molecule has 23 heavy (non-hydrogen) atoms. The largest absolute Gasteiger partial charge is 0.454 e. The van der Waals surface area contributed by atoms with Gasteiger partial charge in [-0.25, -0.2) is 9.97 Å². The molecular formula is C17H17N3O2S. The zero-order valence-corrected chi connectivity index (χ0v) is 14.0. The van der Waals surface area contributed by atoms with Gasteiger partial charge in [0.2, 0.25) is 6.79 Å². The number of nitrogens with one attached hydrogen (secondary N) is 1. The molecule has 0 fully saturated rings. The minimum atomic E-state index is 0.0993. The zero-order chi connectivity index (χ0) is 16.0. The van der Waals surface area contributed by atoms with Crippen molar-refractivity contribution in [2.75, 3.05) is 12.1 Å². The van der Waals surface area contributed by atoms with Crippen molar-refractivity contribution in [1.29, 1.82) is 0 Å². The minimum Gasteiger partial charge on any atom is -0.454 e. The molecule has 0 aliphatic carbocycles. The van der Waals surface area contributed by atoms with Crippen LogP contribution in [0, 0.1) is 13.8 Å². The van der Waals surface area contributed by atoms with Crippen molar-refractivity contribution in [2.45, 2.75) is 26.8 Å². The summed E-state index contributed by atoms with van der Waals surface area (Å²) >= 11 is 1.70. The van der Waals surface area contributed by atoms with E-state index < -0.39 is 0 Å². The lowest BCUT2D eigenvalue weighted by Gasteiger charge is -2.16. The second-order valence-corrected chi connectivity index (χ2v) is 6.87. The number of aryl methyl sites for hydroxylation is 2. The Balaban J connectivity index is 1.68. The van der Waals surface area contributed by atoms with Crippen LogP contribution in [-0.2, 0) is 0 Å². The molecule has 3 heterocycles. The van der Waals surface area contributed by atoms with E-state index in [9.17, 15) is 0 Å². The molecule has 1 atom stereocenters. The standard InChI is InChI=1S/C17H17N3O2S/c1-9-11(3)23-17-15(9)16(18-7-19-17)20-10(2)12-4-5-13-14(6-12)22-8-21-13/h4-7,10H,8H2,1-3H3,(H,18,19,20)/t10-/m1/s1. The smallest absolute Gasteiger partial charge is 0.231 e. The molecule has 0 bridgehead atoms. The van der Waals surface area contributed by atoms with E-state index >= 15 is 0 Å². The highest BCUT2D eigenvalue weighted by atomic mass is 32.1. The average molecular weight is 327 g/mol. The van der Waals surface area contributed by atoms with Crippen molar-refractivity contribution in [3.63, 3.8) is 0 Å². The van der Waals surface area contributed by atoms with E-state index in [1.54, 1.807) is 17.7 Å². The van der Waals surface area contributed by atoms with Crippen LogP contribution in [0.1, 0.15) is 29.0 Å². The van der Waals surface area contributed by atoms with Crippen molar-refractivity contribution in [3.05, 3.63) is 40.5 Å². The van der Waals surface area contributed by atoms with Crippen LogP contribution in [0.2, 0.25) is 0 Å². The van der Waals surface area contributed by atoms with Crippen molar-refractivity contribution in [3.8, 4) is 11.5 Å². The molecule has 0 unspecified atom stereocenters. The molecule has 5 nitrogen and oxygen atoms in total. The molecule has 0 amide bonds. The van der Waals surface area contributed by atoms with Gasteiger partial charge in [-0.1, -0.05) is 6.07 Å². The molecule has 1 aliphatic rings. The highest BCUT2D eigenvalue weighted by Gasteiger charge is 2.18. The number of hydrogen-bond acceptors (Lipinski definition) is 6. The number of benzene rings is 1. The number of hydrogen-bond donors (Lipinski definition) is 1. The van der Waals surface area contributed by atoms with E-state index in [2.05, 4.69) is 42.1 Å². The van der Waals surface area contributed by atoms with Crippen LogP contribution in [-0.4, -0.2) is 16.8 Å². The van der Waals surface area contributed by atoms with Gasteiger partial charge in [0, 0.05) is 4.88 Å². The second-order valence-electron chi connectivity index (χ2n) is 5.66. The number of rotatable bonds is 3. The first-order valence-electron chi connectivity index (χ1n) is 7.50. The normalized spacial score (nSPS) is 14.2. The molecule has 3 aromatic rings. The van der Waals surface area contributed by atoms with Crippen LogP contribution in [0.3, 0.4) is 0 Å². The van der Waals surface area contributed by atoms with E-state index in [4.69, 9.17) is 9.47 Å². The molecule has 2 aromatic heterocycles. The van der Waals surface area contributed by atoms with Gasteiger partial charge in [0.25, 0.3) is 0 Å². The fraction of sp³-hybridized carbons (Fsp3) is 0.294. The third kappa shape index (κ3) is 2.39. The summed E-state index contributed by atoms with van der Waals surface area (Å²) in [6.45, 7) is 6.64. The highest BCUT2D eigenvalue weighted by molar-refractivity contribution is 7.18. The summed E-state index contributed by atoms with van der Waals surface area (Å²) in [5.74, 6) is 2.48. The number of thiophene rings is 1. The Kier molecular flexibility index (Phi) is 3.34. The molecule has 0 saturated heterocycles. The lowest BCUT2D eigenvalue weighted by molar-refractivity contribution is 0.174. The second kappa shape index (κ2) is 5.38. The molecular weight excluding hydrogens is 310 g/mol. The average Bonchev–Trinajstić information content (AvgIpc) is 3.12. The van der Waals surface area contributed by atoms with E-state index in [0.29, 0.717) is 6.79 Å². The molecule has 118 valence electrons. The van der Waals surface area contributed by atoms with Crippen molar-refractivity contribution >= 4 is 27.4 Å². The molecule has 0 radical (unpaired) electrons. The molecule has 4 rings (SSSR count). The predicted octanol–water partition coefficient (Wildman–Crippen LogP) is 4.21. The van der Waals surface area contributed by atoms with E-state index in [1.165, 1.54) is 10.4 Å². The van der Waals surface area contributed by atoms with Crippen molar-refractivity contribution in [1.82, 2.24) is 9.97 Å². The maximum absolute atomic E-state index is 5.46. The molecule has 6 heteroatoms. The van der Waals surface area contributed by atoms with Gasteiger partial charge < -0.3 is 14.8 Å². The van der Waals surface area contributed by atoms with E-state index in [-0.39, 0.29) is 6.04 Å². The molecule has 0 spiro atoms. The van der Waals surface area contributed by atoms with Gasteiger partial charge in [-0.05, 0) is 44.0 Å². The SMILES string of the molecule is Cc1sc2ncnc(N[C@H](C)c3ccc4c(c3)OCO4)c2c1C. The lowest BCUT2D eigenvalue weighted by atomic mass is 10.1. The maximum Gasteiger partial charge on any atom is 0.231 e. The summed E-state index contributed by atoms with van der Waals surface area (Å²) in [5, 5.41) is 4.62. The van der Waals surface area contributed by atoms with Gasteiger partial charge >= 0.3 is 0 Å². The monoisotopic (exact) mass is 327 g/mol. The number of anilines is 1. The van der Waals surface area contributed by atoms with Crippen LogP contribution in [0.25, 0.3) is 10.2 Å². The number of fused-ring (bicyclic) bond motifs is 2. The Morgan fingerprint density at radius 1 is 1.17 bits per heavy atom.